The monoisotopic (exact) mass is 363 g/mol. The van der Waals surface area contributed by atoms with E-state index in [-0.39, 0.29) is 4.90 Å². The van der Waals surface area contributed by atoms with E-state index in [1.54, 1.807) is 48.5 Å². The molecule has 2 aromatic rings. The van der Waals surface area contributed by atoms with Gasteiger partial charge in [-0.2, -0.15) is 10.4 Å². The minimum atomic E-state index is -3.91. The number of hydrogen-bond acceptors (Lipinski definition) is 5. The van der Waals surface area contributed by atoms with Crippen LogP contribution < -0.4 is 5.43 Å². The fourth-order valence-corrected chi connectivity index (χ4v) is 2.79. The fraction of sp³-hybridized carbons (Fsp3) is 0. The van der Waals surface area contributed by atoms with Crippen molar-refractivity contribution in [2.45, 2.75) is 4.90 Å². The summed E-state index contributed by atoms with van der Waals surface area (Å²) in [6, 6.07) is 16.3. The van der Waals surface area contributed by atoms with Gasteiger partial charge >= 0.3 is 0 Å². The van der Waals surface area contributed by atoms with E-state index >= 15 is 0 Å². The van der Waals surface area contributed by atoms with Crippen LogP contribution in [0.1, 0.15) is 0 Å². The molecule has 0 aromatic heterocycles. The van der Waals surface area contributed by atoms with Gasteiger partial charge in [0.2, 0.25) is 9.84 Å². The van der Waals surface area contributed by atoms with Crippen LogP contribution in [0.3, 0.4) is 0 Å². The van der Waals surface area contributed by atoms with Gasteiger partial charge in [0.05, 0.1) is 10.6 Å². The summed E-state index contributed by atoms with van der Waals surface area (Å²) < 4.78 is 25.4. The van der Waals surface area contributed by atoms with Crippen LogP contribution in [0, 0.1) is 11.3 Å². The van der Waals surface area contributed by atoms with Crippen molar-refractivity contribution in [3.63, 3.8) is 0 Å². The minimum Gasteiger partial charge on any atom is -0.277 e. The van der Waals surface area contributed by atoms with E-state index in [0.29, 0.717) is 5.69 Å². The van der Waals surface area contributed by atoms with Gasteiger partial charge < -0.3 is 0 Å². The van der Waals surface area contributed by atoms with Crippen LogP contribution in [0.25, 0.3) is 0 Å². The highest BCUT2D eigenvalue weighted by atomic mass is 79.9. The Balaban J connectivity index is 2.29. The molecule has 0 saturated carbocycles. The number of benzene rings is 2. The molecule has 0 aliphatic carbocycles. The first-order valence-corrected chi connectivity index (χ1v) is 8.11. The third-order valence-electron chi connectivity index (χ3n) is 2.53. The van der Waals surface area contributed by atoms with E-state index in [0.717, 1.165) is 4.47 Å². The van der Waals surface area contributed by atoms with E-state index in [2.05, 4.69) is 26.5 Å². The van der Waals surface area contributed by atoms with Gasteiger partial charge in [-0.25, -0.2) is 8.42 Å². The zero-order valence-electron chi connectivity index (χ0n) is 10.7. The van der Waals surface area contributed by atoms with E-state index in [4.69, 9.17) is 5.26 Å². The zero-order chi connectivity index (χ0) is 15.3. The summed E-state index contributed by atoms with van der Waals surface area (Å²) in [7, 11) is -3.91. The lowest BCUT2D eigenvalue weighted by atomic mass is 10.3. The highest BCUT2D eigenvalue weighted by molar-refractivity contribution is 9.10. The van der Waals surface area contributed by atoms with Crippen LogP contribution in [-0.2, 0) is 9.84 Å². The maximum Gasteiger partial charge on any atom is 0.256 e. The quantitative estimate of drug-likeness (QED) is 0.515. The zero-order valence-corrected chi connectivity index (χ0v) is 13.1. The number of anilines is 1. The lowest BCUT2D eigenvalue weighted by Crippen LogP contribution is -2.15. The second kappa shape index (κ2) is 6.52. The number of halogens is 1. The molecule has 0 aliphatic rings. The molecule has 0 unspecified atom stereocenters. The Kier molecular flexibility index (Phi) is 4.73. The predicted molar refractivity (Wildman–Crippen MR) is 84.4 cm³/mol. The van der Waals surface area contributed by atoms with E-state index in [1.807, 2.05) is 0 Å². The average Bonchev–Trinajstić information content (AvgIpc) is 2.50. The van der Waals surface area contributed by atoms with Crippen molar-refractivity contribution < 1.29 is 8.42 Å². The number of sulfone groups is 1. The smallest absolute Gasteiger partial charge is 0.256 e. The van der Waals surface area contributed by atoms with Crippen LogP contribution in [0.5, 0.6) is 0 Å². The van der Waals surface area contributed by atoms with Gasteiger partial charge in [0.25, 0.3) is 5.04 Å². The topological polar surface area (TPSA) is 82.3 Å². The molecule has 0 atom stereocenters. The lowest BCUT2D eigenvalue weighted by Gasteiger charge is -2.03. The molecule has 7 heteroatoms. The lowest BCUT2D eigenvalue weighted by molar-refractivity contribution is 0.607. The highest BCUT2D eigenvalue weighted by Gasteiger charge is 2.22. The summed E-state index contributed by atoms with van der Waals surface area (Å²) in [4.78, 5) is 0.0305. The first kappa shape index (κ1) is 15.2. The molecular weight excluding hydrogens is 354 g/mol. The predicted octanol–water partition coefficient (Wildman–Crippen LogP) is 3.17. The fourth-order valence-electron chi connectivity index (χ4n) is 1.50. The van der Waals surface area contributed by atoms with Gasteiger partial charge in [0.1, 0.15) is 6.07 Å². The normalized spacial score (nSPS) is 11.7. The molecule has 2 rings (SSSR count). The molecule has 0 spiro atoms. The molecule has 106 valence electrons. The van der Waals surface area contributed by atoms with Gasteiger partial charge in [-0.1, -0.05) is 34.1 Å². The molecule has 1 N–H and O–H groups in total. The number of nitrogens with zero attached hydrogens (tertiary/aromatic N) is 2. The number of nitrogens with one attached hydrogen (secondary N) is 1. The van der Waals surface area contributed by atoms with Crippen molar-refractivity contribution in [3.8, 4) is 6.07 Å². The summed E-state index contributed by atoms with van der Waals surface area (Å²) >= 11 is 3.29. The first-order valence-electron chi connectivity index (χ1n) is 5.83. The van der Waals surface area contributed by atoms with Crippen LogP contribution in [-0.4, -0.2) is 13.5 Å². The maximum absolute atomic E-state index is 12.2. The second-order valence-corrected chi connectivity index (χ2v) is 6.74. The van der Waals surface area contributed by atoms with Gasteiger partial charge in [-0.05, 0) is 36.4 Å². The third-order valence-corrected chi connectivity index (χ3v) is 4.65. The Morgan fingerprint density at radius 1 is 1.10 bits per heavy atom. The van der Waals surface area contributed by atoms with Crippen molar-refractivity contribution in [3.05, 3.63) is 59.1 Å². The molecule has 2 aromatic carbocycles. The molecule has 0 bridgehead atoms. The summed E-state index contributed by atoms with van der Waals surface area (Å²) in [5.41, 5.74) is 3.14. The highest BCUT2D eigenvalue weighted by Crippen LogP contribution is 2.15. The standard InChI is InChI=1S/C14H10BrN3O2S/c15-11-6-8-12(9-7-11)17-18-14(10-16)21(19,20)13-4-2-1-3-5-13/h1-9,17H. The summed E-state index contributed by atoms with van der Waals surface area (Å²) in [5, 5.41) is 12.1. The van der Waals surface area contributed by atoms with E-state index < -0.39 is 14.9 Å². The maximum atomic E-state index is 12.2. The molecule has 0 aliphatic heterocycles. The Hall–Kier alpha value is -2.17. The molecular formula is C14H10BrN3O2S. The SMILES string of the molecule is N#CC(=NNc1ccc(Br)cc1)S(=O)(=O)c1ccccc1. The van der Waals surface area contributed by atoms with Crippen molar-refractivity contribution >= 4 is 36.5 Å². The van der Waals surface area contributed by atoms with Crippen molar-refractivity contribution in [2.24, 2.45) is 5.10 Å². The Morgan fingerprint density at radius 2 is 1.71 bits per heavy atom. The van der Waals surface area contributed by atoms with Crippen molar-refractivity contribution in [2.75, 3.05) is 5.43 Å². The first-order chi connectivity index (χ1) is 10.0. The van der Waals surface area contributed by atoms with Crippen LogP contribution in [0.15, 0.2) is 69.1 Å². The number of rotatable bonds is 3. The van der Waals surface area contributed by atoms with E-state index in [9.17, 15) is 8.42 Å². The minimum absolute atomic E-state index is 0.0305. The van der Waals surface area contributed by atoms with Crippen LogP contribution in [0.4, 0.5) is 5.69 Å². The van der Waals surface area contributed by atoms with Crippen molar-refractivity contribution in [1.82, 2.24) is 0 Å². The average molecular weight is 364 g/mol. The summed E-state index contributed by atoms with van der Waals surface area (Å²) in [5.74, 6) is 0. The third kappa shape index (κ3) is 3.68. The Labute approximate surface area is 131 Å². The van der Waals surface area contributed by atoms with Gasteiger partial charge in [-0.15, -0.1) is 0 Å². The number of nitriles is 1. The van der Waals surface area contributed by atoms with Crippen LogP contribution in [0.2, 0.25) is 0 Å². The number of hydrogen-bond donors (Lipinski definition) is 1. The Morgan fingerprint density at radius 3 is 2.29 bits per heavy atom. The Bertz CT molecular complexity index is 794. The molecule has 0 heterocycles. The molecule has 21 heavy (non-hydrogen) atoms. The number of hydrazone groups is 1. The van der Waals surface area contributed by atoms with Crippen LogP contribution >= 0.6 is 15.9 Å². The summed E-state index contributed by atoms with van der Waals surface area (Å²) in [6.07, 6.45) is 0. The molecule has 0 radical (unpaired) electrons. The van der Waals surface area contributed by atoms with E-state index in [1.165, 1.54) is 12.1 Å². The second-order valence-electron chi connectivity index (χ2n) is 3.96. The summed E-state index contributed by atoms with van der Waals surface area (Å²) in [6.45, 7) is 0. The molecule has 0 fully saturated rings. The van der Waals surface area contributed by atoms with Crippen molar-refractivity contribution in [1.29, 1.82) is 5.26 Å². The molecule has 0 amide bonds. The van der Waals surface area contributed by atoms with Gasteiger partial charge in [0.15, 0.2) is 0 Å². The molecule has 0 saturated heterocycles. The van der Waals surface area contributed by atoms with Gasteiger partial charge in [-0.3, -0.25) is 5.43 Å². The largest absolute Gasteiger partial charge is 0.277 e. The van der Waals surface area contributed by atoms with Gasteiger partial charge in [0, 0.05) is 4.47 Å². The molecule has 5 nitrogen and oxygen atoms in total.